The molecule has 0 saturated carbocycles. The molecule has 0 N–H and O–H groups in total. The molecular formula is C19H26NOP. The quantitative estimate of drug-likeness (QED) is 0.682. The van der Waals surface area contributed by atoms with Gasteiger partial charge in [-0.2, -0.15) is 0 Å². The molecule has 118 valence electrons. The molecule has 3 heteroatoms. The molecule has 2 aromatic rings. The molecule has 0 aromatic heterocycles. The second-order valence-corrected chi connectivity index (χ2v) is 8.73. The highest BCUT2D eigenvalue weighted by atomic mass is 31.1. The Morgan fingerprint density at radius 1 is 0.818 bits per heavy atom. The summed E-state index contributed by atoms with van der Waals surface area (Å²) in [6.45, 7) is 7.93. The van der Waals surface area contributed by atoms with Crippen molar-refractivity contribution in [1.82, 2.24) is 4.67 Å². The Labute approximate surface area is 135 Å². The number of hydrogen-bond donors (Lipinski definition) is 0. The van der Waals surface area contributed by atoms with Crippen molar-refractivity contribution in [3.8, 4) is 0 Å². The van der Waals surface area contributed by atoms with Gasteiger partial charge >= 0.3 is 0 Å². The second-order valence-electron chi connectivity index (χ2n) is 6.96. The lowest BCUT2D eigenvalue weighted by molar-refractivity contribution is 0.391. The third-order valence-corrected chi connectivity index (χ3v) is 5.85. The largest absolute Gasteiger partial charge is 0.310 e. The van der Waals surface area contributed by atoms with E-state index in [0.29, 0.717) is 0 Å². The highest BCUT2D eigenvalue weighted by molar-refractivity contribution is 7.42. The summed E-state index contributed by atoms with van der Waals surface area (Å²) in [6, 6.07) is 20.6. The van der Waals surface area contributed by atoms with Crippen LogP contribution < -0.4 is 0 Å². The van der Waals surface area contributed by atoms with Crippen molar-refractivity contribution in [2.24, 2.45) is 5.41 Å². The average Bonchev–Trinajstić information content (AvgIpc) is 2.47. The number of hydrogen-bond acceptors (Lipinski definition) is 1. The molecular weight excluding hydrogens is 289 g/mol. The minimum Gasteiger partial charge on any atom is -0.310 e. The van der Waals surface area contributed by atoms with Gasteiger partial charge in [0.25, 0.3) is 0 Å². The first-order valence-corrected chi connectivity index (χ1v) is 9.36. The zero-order valence-corrected chi connectivity index (χ0v) is 14.8. The Balaban J connectivity index is 2.14. The van der Waals surface area contributed by atoms with Crippen molar-refractivity contribution in [2.45, 2.75) is 33.9 Å². The zero-order chi connectivity index (χ0) is 16.0. The molecule has 0 saturated heterocycles. The fourth-order valence-electron chi connectivity index (χ4n) is 2.41. The van der Waals surface area contributed by atoms with Crippen LogP contribution in [0.1, 0.15) is 31.9 Å². The van der Waals surface area contributed by atoms with Crippen LogP contribution in [-0.2, 0) is 17.7 Å². The summed E-state index contributed by atoms with van der Waals surface area (Å²) in [7, 11) is -1.80. The lowest BCUT2D eigenvalue weighted by Gasteiger charge is -2.26. The Kier molecular flexibility index (Phi) is 5.99. The van der Waals surface area contributed by atoms with Gasteiger partial charge < -0.3 is 4.57 Å². The lowest BCUT2D eigenvalue weighted by atomic mass is 10.0. The van der Waals surface area contributed by atoms with Crippen LogP contribution in [0, 0.1) is 5.41 Å². The lowest BCUT2D eigenvalue weighted by Crippen LogP contribution is -2.20. The van der Waals surface area contributed by atoms with Crippen molar-refractivity contribution >= 4 is 7.95 Å². The maximum Gasteiger partial charge on any atom is 0.139 e. The Morgan fingerprint density at radius 3 is 1.59 bits per heavy atom. The molecule has 0 aliphatic carbocycles. The molecule has 0 radical (unpaired) electrons. The van der Waals surface area contributed by atoms with E-state index in [-0.39, 0.29) is 5.41 Å². The molecule has 2 rings (SSSR count). The molecule has 0 aliphatic rings. The van der Waals surface area contributed by atoms with Gasteiger partial charge in [-0.1, -0.05) is 81.4 Å². The topological polar surface area (TPSA) is 20.3 Å². The summed E-state index contributed by atoms with van der Waals surface area (Å²) in [6.07, 6.45) is 0.747. The van der Waals surface area contributed by atoms with Crippen molar-refractivity contribution in [2.75, 3.05) is 6.16 Å². The average molecular weight is 315 g/mol. The van der Waals surface area contributed by atoms with Crippen LogP contribution in [0.3, 0.4) is 0 Å². The van der Waals surface area contributed by atoms with Crippen LogP contribution in [0.2, 0.25) is 0 Å². The van der Waals surface area contributed by atoms with Gasteiger partial charge in [0.1, 0.15) is 7.95 Å². The maximum absolute atomic E-state index is 12.9. The summed E-state index contributed by atoms with van der Waals surface area (Å²) in [5, 5.41) is 0. The first kappa shape index (κ1) is 17.0. The van der Waals surface area contributed by atoms with Crippen molar-refractivity contribution in [3.05, 3.63) is 71.8 Å². The minimum atomic E-state index is -1.80. The van der Waals surface area contributed by atoms with Gasteiger partial charge in [-0.3, -0.25) is 0 Å². The smallest absolute Gasteiger partial charge is 0.139 e. The van der Waals surface area contributed by atoms with Crippen LogP contribution >= 0.6 is 7.95 Å². The fraction of sp³-hybridized carbons (Fsp3) is 0.368. The van der Waals surface area contributed by atoms with E-state index in [0.717, 1.165) is 19.3 Å². The Morgan fingerprint density at radius 2 is 1.23 bits per heavy atom. The number of nitrogens with zero attached hydrogens (tertiary/aromatic N) is 1. The van der Waals surface area contributed by atoms with Gasteiger partial charge in [0.05, 0.1) is 0 Å². The van der Waals surface area contributed by atoms with Crippen LogP contribution in [0.4, 0.5) is 0 Å². The van der Waals surface area contributed by atoms with Crippen LogP contribution in [0.5, 0.6) is 0 Å². The molecule has 0 aliphatic heterocycles. The molecule has 0 amide bonds. The minimum absolute atomic E-state index is 0.0850. The molecule has 2 nitrogen and oxygen atoms in total. The highest BCUT2D eigenvalue weighted by Crippen LogP contribution is 2.37. The summed E-state index contributed by atoms with van der Waals surface area (Å²) in [5.74, 6) is 0. The van der Waals surface area contributed by atoms with Crippen LogP contribution in [0.15, 0.2) is 60.7 Å². The summed E-state index contributed by atoms with van der Waals surface area (Å²) in [5.41, 5.74) is 2.51. The van der Waals surface area contributed by atoms with Gasteiger partial charge in [-0.15, -0.1) is 0 Å². The summed E-state index contributed by atoms with van der Waals surface area (Å²) in [4.78, 5) is 0. The zero-order valence-electron chi connectivity index (χ0n) is 13.8. The van der Waals surface area contributed by atoms with E-state index in [4.69, 9.17) is 0 Å². The van der Waals surface area contributed by atoms with E-state index in [9.17, 15) is 4.57 Å². The predicted molar refractivity (Wildman–Crippen MR) is 95.5 cm³/mol. The van der Waals surface area contributed by atoms with Crippen LogP contribution in [0.25, 0.3) is 0 Å². The SMILES string of the molecule is CC(C)(C)C[PH](=O)N(Cc1ccccc1)Cc1ccccc1. The van der Waals surface area contributed by atoms with Gasteiger partial charge in [0.15, 0.2) is 0 Å². The van der Waals surface area contributed by atoms with Crippen molar-refractivity contribution in [3.63, 3.8) is 0 Å². The molecule has 2 aromatic carbocycles. The number of rotatable bonds is 6. The Bertz CT molecular complexity index is 548. The van der Waals surface area contributed by atoms with E-state index in [2.05, 4.69) is 49.7 Å². The standard InChI is InChI=1S/C19H26NOP/c1-19(2,3)16-22(21)20(14-17-10-6-4-7-11-17)15-18-12-8-5-9-13-18/h4-13,22H,14-16H2,1-3H3. The van der Waals surface area contributed by atoms with Gasteiger partial charge in [-0.25, -0.2) is 4.67 Å². The van der Waals surface area contributed by atoms with E-state index < -0.39 is 7.95 Å². The molecule has 0 heterocycles. The Hall–Kier alpha value is -1.37. The third-order valence-electron chi connectivity index (χ3n) is 3.47. The second kappa shape index (κ2) is 7.76. The normalized spacial score (nSPS) is 13.3. The molecule has 1 unspecified atom stereocenters. The molecule has 0 spiro atoms. The van der Waals surface area contributed by atoms with Gasteiger partial charge in [-0.05, 0) is 16.5 Å². The first-order chi connectivity index (χ1) is 10.4. The predicted octanol–water partition coefficient (Wildman–Crippen LogP) is 5.21. The molecule has 22 heavy (non-hydrogen) atoms. The summed E-state index contributed by atoms with van der Waals surface area (Å²) >= 11 is 0. The van der Waals surface area contributed by atoms with E-state index in [1.54, 1.807) is 0 Å². The highest BCUT2D eigenvalue weighted by Gasteiger charge is 2.20. The van der Waals surface area contributed by atoms with E-state index in [1.165, 1.54) is 11.1 Å². The maximum atomic E-state index is 12.9. The monoisotopic (exact) mass is 315 g/mol. The van der Waals surface area contributed by atoms with Gasteiger partial charge in [0.2, 0.25) is 0 Å². The van der Waals surface area contributed by atoms with Crippen LogP contribution in [-0.4, -0.2) is 10.8 Å². The fourth-order valence-corrected chi connectivity index (χ4v) is 4.25. The van der Waals surface area contributed by atoms with Gasteiger partial charge in [0, 0.05) is 19.3 Å². The van der Waals surface area contributed by atoms with Crippen molar-refractivity contribution < 1.29 is 4.57 Å². The molecule has 1 atom stereocenters. The first-order valence-electron chi connectivity index (χ1n) is 7.80. The third kappa shape index (κ3) is 5.79. The number of benzene rings is 2. The molecule has 0 fully saturated rings. The van der Waals surface area contributed by atoms with E-state index in [1.807, 2.05) is 36.4 Å². The van der Waals surface area contributed by atoms with E-state index >= 15 is 0 Å². The molecule has 0 bridgehead atoms. The summed E-state index contributed by atoms with van der Waals surface area (Å²) < 4.78 is 15.0. The van der Waals surface area contributed by atoms with Crippen molar-refractivity contribution in [1.29, 1.82) is 0 Å².